The number of nitrogens with zero attached hydrogens (tertiary/aromatic N) is 3. The number of thiocarbonyl (C=S) groups is 1. The topological polar surface area (TPSA) is 42.3 Å². The van der Waals surface area contributed by atoms with Crippen molar-refractivity contribution < 1.29 is 4.74 Å². The summed E-state index contributed by atoms with van der Waals surface area (Å²) in [6, 6.07) is 38.2. The molecule has 1 fully saturated rings. The normalized spacial score (nSPS) is 17.1. The van der Waals surface area contributed by atoms with Crippen LogP contribution in [0, 0.1) is 0 Å². The van der Waals surface area contributed by atoms with E-state index in [1.54, 1.807) is 0 Å². The zero-order valence-electron chi connectivity index (χ0n) is 19.4. The third kappa shape index (κ3) is 4.23. The SMILES string of the molecule is S=C1N[C@@H](c2ccccn2)[C@H](c2cccn2-c2ccccc2)N1c1ccc(Oc2ccccc2)cc1. The Kier molecular flexibility index (Phi) is 5.93. The molecule has 1 N–H and O–H groups in total. The van der Waals surface area contributed by atoms with Gasteiger partial charge in [0.1, 0.15) is 17.5 Å². The summed E-state index contributed by atoms with van der Waals surface area (Å²) in [5.41, 5.74) is 4.14. The lowest BCUT2D eigenvalue weighted by Gasteiger charge is -2.29. The van der Waals surface area contributed by atoms with Crippen molar-refractivity contribution in [3.05, 3.63) is 139 Å². The van der Waals surface area contributed by atoms with Crippen molar-refractivity contribution in [1.29, 1.82) is 0 Å². The van der Waals surface area contributed by atoms with Gasteiger partial charge < -0.3 is 19.5 Å². The maximum absolute atomic E-state index is 6.01. The zero-order chi connectivity index (χ0) is 24.3. The average Bonchev–Trinajstić information content (AvgIpc) is 3.55. The lowest BCUT2D eigenvalue weighted by Crippen LogP contribution is -2.30. The molecule has 0 bridgehead atoms. The Morgan fingerprint density at radius 1 is 0.694 bits per heavy atom. The van der Waals surface area contributed by atoms with Crippen molar-refractivity contribution in [3.8, 4) is 17.2 Å². The third-order valence-electron chi connectivity index (χ3n) is 6.31. The van der Waals surface area contributed by atoms with Crippen LogP contribution < -0.4 is 15.0 Å². The summed E-state index contributed by atoms with van der Waals surface area (Å²) in [6.45, 7) is 0. The summed E-state index contributed by atoms with van der Waals surface area (Å²) in [5, 5.41) is 4.20. The maximum atomic E-state index is 6.01. The Labute approximate surface area is 215 Å². The molecule has 1 aliphatic rings. The monoisotopic (exact) mass is 488 g/mol. The number of hydrogen-bond donors (Lipinski definition) is 1. The molecule has 0 spiro atoms. The van der Waals surface area contributed by atoms with Crippen molar-refractivity contribution in [2.45, 2.75) is 12.1 Å². The fourth-order valence-electron chi connectivity index (χ4n) is 4.69. The van der Waals surface area contributed by atoms with Gasteiger partial charge in [-0.25, -0.2) is 0 Å². The highest BCUT2D eigenvalue weighted by Gasteiger charge is 2.42. The van der Waals surface area contributed by atoms with Crippen LogP contribution in [-0.2, 0) is 0 Å². The van der Waals surface area contributed by atoms with E-state index in [1.165, 1.54) is 0 Å². The first-order valence-electron chi connectivity index (χ1n) is 11.8. The predicted octanol–water partition coefficient (Wildman–Crippen LogP) is 6.84. The summed E-state index contributed by atoms with van der Waals surface area (Å²) < 4.78 is 8.23. The maximum Gasteiger partial charge on any atom is 0.174 e. The van der Waals surface area contributed by atoms with Crippen molar-refractivity contribution in [2.75, 3.05) is 4.90 Å². The quantitative estimate of drug-likeness (QED) is 0.265. The van der Waals surface area contributed by atoms with E-state index in [0.717, 1.165) is 34.3 Å². The second kappa shape index (κ2) is 9.68. The number of ether oxygens (including phenoxy) is 1. The summed E-state index contributed by atoms with van der Waals surface area (Å²) >= 11 is 5.89. The van der Waals surface area contributed by atoms with E-state index >= 15 is 0 Å². The number of nitrogens with one attached hydrogen (secondary N) is 1. The molecule has 0 radical (unpaired) electrons. The van der Waals surface area contributed by atoms with E-state index in [-0.39, 0.29) is 12.1 Å². The molecular weight excluding hydrogens is 464 g/mol. The minimum atomic E-state index is -0.115. The molecule has 0 amide bonds. The van der Waals surface area contributed by atoms with Gasteiger partial charge >= 0.3 is 0 Å². The number of para-hydroxylation sites is 2. The van der Waals surface area contributed by atoms with Crippen LogP contribution in [0.1, 0.15) is 23.5 Å². The number of aromatic nitrogens is 2. The molecule has 176 valence electrons. The standard InChI is InChI=1S/C30H24N4OS/c36-30-32-28(26-14-7-8-20-31-26)29(27-15-9-21-33(27)22-10-3-1-4-11-22)34(30)23-16-18-25(19-17-23)35-24-12-5-2-6-13-24/h1-21,28-29H,(H,32,36)/t28-,29-/m0/s1. The fourth-order valence-corrected chi connectivity index (χ4v) is 5.04. The Morgan fingerprint density at radius 3 is 2.11 bits per heavy atom. The van der Waals surface area contributed by atoms with Gasteiger partial charge in [0.15, 0.2) is 5.11 Å². The molecule has 0 saturated carbocycles. The van der Waals surface area contributed by atoms with Crippen molar-refractivity contribution >= 4 is 23.0 Å². The van der Waals surface area contributed by atoms with E-state index in [9.17, 15) is 0 Å². The molecule has 3 heterocycles. The first-order valence-corrected chi connectivity index (χ1v) is 12.2. The van der Waals surface area contributed by atoms with Gasteiger partial charge in [-0.15, -0.1) is 0 Å². The number of rotatable bonds is 6. The van der Waals surface area contributed by atoms with Crippen LogP contribution in [-0.4, -0.2) is 14.7 Å². The predicted molar refractivity (Wildman–Crippen MR) is 147 cm³/mol. The van der Waals surface area contributed by atoms with E-state index in [1.807, 2.05) is 72.9 Å². The van der Waals surface area contributed by atoms with Crippen LogP contribution in [0.25, 0.3) is 5.69 Å². The molecule has 2 atom stereocenters. The highest BCUT2D eigenvalue weighted by atomic mass is 32.1. The van der Waals surface area contributed by atoms with Gasteiger partial charge in [0.25, 0.3) is 0 Å². The number of benzene rings is 3. The van der Waals surface area contributed by atoms with Crippen LogP contribution >= 0.6 is 12.2 Å². The molecular formula is C30H24N4OS. The van der Waals surface area contributed by atoms with Crippen molar-refractivity contribution in [2.24, 2.45) is 0 Å². The average molecular weight is 489 g/mol. The van der Waals surface area contributed by atoms with Crippen molar-refractivity contribution in [1.82, 2.24) is 14.9 Å². The van der Waals surface area contributed by atoms with Gasteiger partial charge in [0.2, 0.25) is 0 Å². The molecule has 5 aromatic rings. The van der Waals surface area contributed by atoms with Gasteiger partial charge in [-0.1, -0.05) is 42.5 Å². The van der Waals surface area contributed by atoms with Gasteiger partial charge in [-0.2, -0.15) is 0 Å². The Hall–Kier alpha value is -4.42. The summed E-state index contributed by atoms with van der Waals surface area (Å²) in [7, 11) is 0. The second-order valence-corrected chi connectivity index (χ2v) is 8.93. The molecule has 36 heavy (non-hydrogen) atoms. The minimum Gasteiger partial charge on any atom is -0.457 e. The molecule has 1 saturated heterocycles. The van der Waals surface area contributed by atoms with Gasteiger partial charge in [0, 0.05) is 29.5 Å². The van der Waals surface area contributed by atoms with Crippen LogP contribution in [0.3, 0.4) is 0 Å². The lowest BCUT2D eigenvalue weighted by atomic mass is 10.0. The lowest BCUT2D eigenvalue weighted by molar-refractivity contribution is 0.482. The first-order chi connectivity index (χ1) is 17.8. The molecule has 2 aromatic heterocycles. The summed E-state index contributed by atoms with van der Waals surface area (Å²) in [5.74, 6) is 1.57. The molecule has 6 heteroatoms. The Bertz CT molecular complexity index is 1450. The van der Waals surface area contributed by atoms with Crippen molar-refractivity contribution in [3.63, 3.8) is 0 Å². The van der Waals surface area contributed by atoms with Gasteiger partial charge in [0.05, 0.1) is 11.7 Å². The smallest absolute Gasteiger partial charge is 0.174 e. The third-order valence-corrected chi connectivity index (χ3v) is 6.62. The fraction of sp³-hybridized carbons (Fsp3) is 0.0667. The van der Waals surface area contributed by atoms with E-state index in [2.05, 4.69) is 74.5 Å². The highest BCUT2D eigenvalue weighted by molar-refractivity contribution is 7.80. The number of hydrogen-bond acceptors (Lipinski definition) is 3. The first kappa shape index (κ1) is 22.1. The molecule has 3 aromatic carbocycles. The number of pyridine rings is 1. The molecule has 5 nitrogen and oxygen atoms in total. The van der Waals surface area contributed by atoms with Gasteiger partial charge in [-0.3, -0.25) is 4.98 Å². The number of anilines is 1. The van der Waals surface area contributed by atoms with Crippen LogP contribution in [0.4, 0.5) is 5.69 Å². The van der Waals surface area contributed by atoms with Gasteiger partial charge in [-0.05, 0) is 85.0 Å². The van der Waals surface area contributed by atoms with E-state index in [0.29, 0.717) is 5.11 Å². The Morgan fingerprint density at radius 2 is 1.39 bits per heavy atom. The molecule has 1 aliphatic heterocycles. The summed E-state index contributed by atoms with van der Waals surface area (Å²) in [4.78, 5) is 6.85. The van der Waals surface area contributed by atoms with E-state index < -0.39 is 0 Å². The Balaban J connectivity index is 1.40. The van der Waals surface area contributed by atoms with Crippen LogP contribution in [0.2, 0.25) is 0 Å². The molecule has 6 rings (SSSR count). The zero-order valence-corrected chi connectivity index (χ0v) is 20.3. The van der Waals surface area contributed by atoms with Crippen LogP contribution in [0.15, 0.2) is 128 Å². The second-order valence-electron chi connectivity index (χ2n) is 8.54. The molecule has 0 aliphatic carbocycles. The largest absolute Gasteiger partial charge is 0.457 e. The summed E-state index contributed by atoms with van der Waals surface area (Å²) in [6.07, 6.45) is 3.92. The molecule has 0 unspecified atom stereocenters. The van der Waals surface area contributed by atoms with Crippen LogP contribution in [0.5, 0.6) is 11.5 Å². The minimum absolute atomic E-state index is 0.108. The van der Waals surface area contributed by atoms with E-state index in [4.69, 9.17) is 17.0 Å². The highest BCUT2D eigenvalue weighted by Crippen LogP contribution is 2.42.